The molecule has 1 saturated heterocycles. The van der Waals surface area contributed by atoms with E-state index in [-0.39, 0.29) is 17.9 Å². The SMILES string of the molecule is CCOC(=O)C1=C2NC(C)C(C)(O)C2CCC1. The summed E-state index contributed by atoms with van der Waals surface area (Å²) in [7, 11) is 0. The Balaban J connectivity index is 2.33. The van der Waals surface area contributed by atoms with Crippen molar-refractivity contribution < 1.29 is 14.6 Å². The van der Waals surface area contributed by atoms with Gasteiger partial charge in [0.2, 0.25) is 0 Å². The van der Waals surface area contributed by atoms with E-state index in [1.165, 1.54) is 0 Å². The summed E-state index contributed by atoms with van der Waals surface area (Å²) in [5, 5.41) is 13.7. The Morgan fingerprint density at radius 3 is 3.00 bits per heavy atom. The van der Waals surface area contributed by atoms with E-state index in [9.17, 15) is 9.90 Å². The fraction of sp³-hybridized carbons (Fsp3) is 0.769. The summed E-state index contributed by atoms with van der Waals surface area (Å²) in [5.74, 6) is -0.185. The number of esters is 1. The highest BCUT2D eigenvalue weighted by Gasteiger charge is 2.48. The topological polar surface area (TPSA) is 58.6 Å². The van der Waals surface area contributed by atoms with Gasteiger partial charge in [0.1, 0.15) is 0 Å². The van der Waals surface area contributed by atoms with Crippen molar-refractivity contribution in [2.24, 2.45) is 5.92 Å². The third kappa shape index (κ3) is 1.95. The van der Waals surface area contributed by atoms with Crippen LogP contribution in [0.2, 0.25) is 0 Å². The van der Waals surface area contributed by atoms with Gasteiger partial charge in [0.05, 0.1) is 23.8 Å². The van der Waals surface area contributed by atoms with Gasteiger partial charge in [0, 0.05) is 11.6 Å². The minimum absolute atomic E-state index is 0.0231. The zero-order chi connectivity index (χ0) is 12.6. The summed E-state index contributed by atoms with van der Waals surface area (Å²) in [6.45, 7) is 6.00. The maximum Gasteiger partial charge on any atom is 0.335 e. The molecule has 1 fully saturated rings. The maximum absolute atomic E-state index is 11.9. The Labute approximate surface area is 102 Å². The van der Waals surface area contributed by atoms with Crippen LogP contribution in [0.4, 0.5) is 0 Å². The van der Waals surface area contributed by atoms with Crippen molar-refractivity contribution in [3.63, 3.8) is 0 Å². The van der Waals surface area contributed by atoms with Crippen LogP contribution in [-0.2, 0) is 9.53 Å². The van der Waals surface area contributed by atoms with E-state index < -0.39 is 5.60 Å². The van der Waals surface area contributed by atoms with E-state index in [1.807, 2.05) is 20.8 Å². The Morgan fingerprint density at radius 2 is 2.35 bits per heavy atom. The van der Waals surface area contributed by atoms with E-state index in [4.69, 9.17) is 4.74 Å². The van der Waals surface area contributed by atoms with Crippen LogP contribution >= 0.6 is 0 Å². The summed E-state index contributed by atoms with van der Waals surface area (Å²) >= 11 is 0. The minimum Gasteiger partial charge on any atom is -0.463 e. The number of hydrogen-bond acceptors (Lipinski definition) is 4. The summed E-state index contributed by atoms with van der Waals surface area (Å²) < 4.78 is 5.07. The van der Waals surface area contributed by atoms with Crippen molar-refractivity contribution in [1.82, 2.24) is 5.32 Å². The van der Waals surface area contributed by atoms with Gasteiger partial charge in [-0.25, -0.2) is 4.79 Å². The number of rotatable bonds is 2. The third-order valence-electron chi connectivity index (χ3n) is 4.07. The molecule has 3 atom stereocenters. The van der Waals surface area contributed by atoms with Gasteiger partial charge in [-0.05, 0) is 40.0 Å². The van der Waals surface area contributed by atoms with Gasteiger partial charge in [-0.15, -0.1) is 0 Å². The molecular weight excluding hydrogens is 218 g/mol. The van der Waals surface area contributed by atoms with Gasteiger partial charge in [-0.1, -0.05) is 0 Å². The molecule has 0 spiro atoms. The highest BCUT2D eigenvalue weighted by molar-refractivity contribution is 5.89. The average Bonchev–Trinajstić information content (AvgIpc) is 2.51. The van der Waals surface area contributed by atoms with E-state index >= 15 is 0 Å². The van der Waals surface area contributed by atoms with Gasteiger partial charge in [0.15, 0.2) is 0 Å². The lowest BCUT2D eigenvalue weighted by Gasteiger charge is -2.30. The zero-order valence-corrected chi connectivity index (χ0v) is 10.7. The van der Waals surface area contributed by atoms with Crippen LogP contribution < -0.4 is 5.32 Å². The van der Waals surface area contributed by atoms with Crippen LogP contribution in [0.25, 0.3) is 0 Å². The van der Waals surface area contributed by atoms with Crippen LogP contribution in [0.5, 0.6) is 0 Å². The van der Waals surface area contributed by atoms with Crippen LogP contribution in [0.15, 0.2) is 11.3 Å². The van der Waals surface area contributed by atoms with Crippen molar-refractivity contribution in [3.05, 3.63) is 11.3 Å². The number of hydrogen-bond donors (Lipinski definition) is 2. The van der Waals surface area contributed by atoms with Crippen LogP contribution in [0, 0.1) is 5.92 Å². The summed E-state index contributed by atoms with van der Waals surface area (Å²) in [4.78, 5) is 11.9. The number of fused-ring (bicyclic) bond motifs is 1. The number of carbonyl (C=O) groups excluding carboxylic acids is 1. The number of carbonyl (C=O) groups is 1. The molecule has 0 aromatic carbocycles. The lowest BCUT2D eigenvalue weighted by molar-refractivity contribution is -0.138. The molecule has 0 radical (unpaired) electrons. The van der Waals surface area contributed by atoms with Gasteiger partial charge < -0.3 is 15.2 Å². The Kier molecular flexibility index (Phi) is 3.17. The number of aliphatic hydroxyl groups is 1. The predicted molar refractivity (Wildman–Crippen MR) is 64.2 cm³/mol. The molecule has 4 nitrogen and oxygen atoms in total. The Bertz CT molecular complexity index is 360. The van der Waals surface area contributed by atoms with E-state index in [1.54, 1.807) is 0 Å². The van der Waals surface area contributed by atoms with Crippen molar-refractivity contribution >= 4 is 5.97 Å². The Morgan fingerprint density at radius 1 is 1.65 bits per heavy atom. The predicted octanol–water partition coefficient (Wildman–Crippen LogP) is 1.35. The van der Waals surface area contributed by atoms with E-state index in [0.717, 1.165) is 30.5 Å². The lowest BCUT2D eigenvalue weighted by atomic mass is 9.78. The highest BCUT2D eigenvalue weighted by atomic mass is 16.5. The summed E-state index contributed by atoms with van der Waals surface area (Å²) in [5.41, 5.74) is 0.868. The smallest absolute Gasteiger partial charge is 0.335 e. The quantitative estimate of drug-likeness (QED) is 0.714. The van der Waals surface area contributed by atoms with Gasteiger partial charge >= 0.3 is 5.97 Å². The van der Waals surface area contributed by atoms with Gasteiger partial charge in [0.25, 0.3) is 0 Å². The molecule has 3 unspecified atom stereocenters. The summed E-state index contributed by atoms with van der Waals surface area (Å²) in [6, 6.07) is -0.0231. The first kappa shape index (κ1) is 12.4. The molecule has 4 heteroatoms. The minimum atomic E-state index is -0.770. The molecule has 0 aromatic rings. The molecule has 2 rings (SSSR count). The van der Waals surface area contributed by atoms with E-state index in [2.05, 4.69) is 5.32 Å². The maximum atomic E-state index is 11.9. The fourth-order valence-corrected chi connectivity index (χ4v) is 2.86. The van der Waals surface area contributed by atoms with E-state index in [0.29, 0.717) is 6.61 Å². The van der Waals surface area contributed by atoms with Gasteiger partial charge in [-0.2, -0.15) is 0 Å². The largest absolute Gasteiger partial charge is 0.463 e. The van der Waals surface area contributed by atoms with Crippen molar-refractivity contribution in [2.45, 2.75) is 51.7 Å². The first-order valence-corrected chi connectivity index (χ1v) is 6.37. The van der Waals surface area contributed by atoms with Crippen molar-refractivity contribution in [2.75, 3.05) is 6.61 Å². The highest BCUT2D eigenvalue weighted by Crippen LogP contribution is 2.42. The van der Waals surface area contributed by atoms with Crippen molar-refractivity contribution in [1.29, 1.82) is 0 Å². The third-order valence-corrected chi connectivity index (χ3v) is 4.07. The standard InChI is InChI=1S/C13H21NO3/c1-4-17-12(15)9-6-5-7-10-11(9)14-8(2)13(10,3)16/h8,10,14,16H,4-7H2,1-3H3. The molecule has 1 aliphatic carbocycles. The molecule has 0 amide bonds. The molecule has 2 N–H and O–H groups in total. The molecule has 96 valence electrons. The molecule has 1 aliphatic heterocycles. The normalized spacial score (nSPS) is 36.5. The van der Waals surface area contributed by atoms with Crippen LogP contribution in [0.3, 0.4) is 0 Å². The number of ether oxygens (including phenoxy) is 1. The van der Waals surface area contributed by atoms with Crippen LogP contribution in [-0.4, -0.2) is 29.3 Å². The molecule has 0 saturated carbocycles. The van der Waals surface area contributed by atoms with Gasteiger partial charge in [-0.3, -0.25) is 0 Å². The van der Waals surface area contributed by atoms with Crippen molar-refractivity contribution in [3.8, 4) is 0 Å². The molecule has 17 heavy (non-hydrogen) atoms. The molecule has 2 aliphatic rings. The monoisotopic (exact) mass is 239 g/mol. The van der Waals surface area contributed by atoms with Crippen LogP contribution in [0.1, 0.15) is 40.0 Å². The molecule has 1 heterocycles. The molecule has 0 aromatic heterocycles. The first-order valence-electron chi connectivity index (χ1n) is 6.37. The second-order valence-corrected chi connectivity index (χ2v) is 5.15. The molecule has 0 bridgehead atoms. The average molecular weight is 239 g/mol. The summed E-state index contributed by atoms with van der Waals surface area (Å²) in [6.07, 6.45) is 2.62. The lowest BCUT2D eigenvalue weighted by Crippen LogP contribution is -2.41. The Hall–Kier alpha value is -1.03. The zero-order valence-electron chi connectivity index (χ0n) is 10.7. The fourth-order valence-electron chi connectivity index (χ4n) is 2.86. The first-order chi connectivity index (χ1) is 7.98. The second kappa shape index (κ2) is 4.33. The number of nitrogens with one attached hydrogen (secondary N) is 1. The second-order valence-electron chi connectivity index (χ2n) is 5.15. The molecular formula is C13H21NO3.